The summed E-state index contributed by atoms with van der Waals surface area (Å²) in [5.41, 5.74) is 5.72. The number of carbonyl (C=O) groups is 2. The molecule has 2 amide bonds. The summed E-state index contributed by atoms with van der Waals surface area (Å²) in [4.78, 5) is 23.6. The van der Waals surface area contributed by atoms with Gasteiger partial charge < -0.3 is 16.4 Å². The maximum absolute atomic E-state index is 11.9. The van der Waals surface area contributed by atoms with Gasteiger partial charge in [0.2, 0.25) is 11.8 Å². The largest absolute Gasteiger partial charge is 0.352 e. The summed E-state index contributed by atoms with van der Waals surface area (Å²) in [7, 11) is 0. The highest BCUT2D eigenvalue weighted by Crippen LogP contribution is 2.42. The number of hydrogen-bond acceptors (Lipinski definition) is 3. The SMILES string of the molecule is CC(NC(=O)CC1(CN)CCC1)C(=O)NC1CC1. The molecule has 2 saturated carbocycles. The summed E-state index contributed by atoms with van der Waals surface area (Å²) in [5.74, 6) is -0.139. The van der Waals surface area contributed by atoms with Crippen LogP contribution in [-0.4, -0.2) is 30.4 Å². The molecule has 5 heteroatoms. The number of amides is 2. The number of rotatable bonds is 6. The molecule has 0 aromatic carbocycles. The summed E-state index contributed by atoms with van der Waals surface area (Å²) in [6.07, 6.45) is 5.78. The van der Waals surface area contributed by atoms with Crippen molar-refractivity contribution in [2.24, 2.45) is 11.1 Å². The van der Waals surface area contributed by atoms with Gasteiger partial charge in [-0.1, -0.05) is 6.42 Å². The quantitative estimate of drug-likeness (QED) is 0.636. The van der Waals surface area contributed by atoms with Crippen LogP contribution < -0.4 is 16.4 Å². The molecule has 0 aromatic rings. The van der Waals surface area contributed by atoms with E-state index in [1.54, 1.807) is 6.92 Å². The fourth-order valence-corrected chi connectivity index (χ4v) is 2.38. The van der Waals surface area contributed by atoms with Gasteiger partial charge in [0.25, 0.3) is 0 Å². The van der Waals surface area contributed by atoms with Crippen LogP contribution in [0.25, 0.3) is 0 Å². The van der Waals surface area contributed by atoms with Gasteiger partial charge in [0, 0.05) is 12.5 Å². The van der Waals surface area contributed by atoms with E-state index in [4.69, 9.17) is 5.73 Å². The van der Waals surface area contributed by atoms with Crippen LogP contribution in [-0.2, 0) is 9.59 Å². The number of nitrogens with two attached hydrogens (primary N) is 1. The van der Waals surface area contributed by atoms with Crippen LogP contribution in [0.2, 0.25) is 0 Å². The van der Waals surface area contributed by atoms with Gasteiger partial charge in [-0.25, -0.2) is 0 Å². The van der Waals surface area contributed by atoms with Crippen molar-refractivity contribution < 1.29 is 9.59 Å². The Morgan fingerprint density at radius 2 is 2.06 bits per heavy atom. The lowest BCUT2D eigenvalue weighted by atomic mass is 9.66. The first kappa shape index (κ1) is 13.3. The molecule has 2 rings (SSSR count). The Morgan fingerprint density at radius 3 is 2.50 bits per heavy atom. The molecule has 2 aliphatic rings. The fourth-order valence-electron chi connectivity index (χ4n) is 2.38. The van der Waals surface area contributed by atoms with E-state index in [0.717, 1.165) is 32.1 Å². The second kappa shape index (κ2) is 5.26. The molecule has 0 saturated heterocycles. The first-order chi connectivity index (χ1) is 8.54. The summed E-state index contributed by atoms with van der Waals surface area (Å²) in [5, 5.41) is 5.65. The van der Waals surface area contributed by atoms with Crippen molar-refractivity contribution in [3.63, 3.8) is 0 Å². The summed E-state index contributed by atoms with van der Waals surface area (Å²) >= 11 is 0. The molecule has 0 heterocycles. The zero-order valence-corrected chi connectivity index (χ0v) is 11.0. The molecule has 0 aliphatic heterocycles. The monoisotopic (exact) mass is 253 g/mol. The van der Waals surface area contributed by atoms with Crippen molar-refractivity contribution in [2.45, 2.75) is 57.5 Å². The molecule has 2 aliphatic carbocycles. The van der Waals surface area contributed by atoms with E-state index >= 15 is 0 Å². The summed E-state index contributed by atoms with van der Waals surface area (Å²) < 4.78 is 0. The Balaban J connectivity index is 1.73. The molecule has 0 radical (unpaired) electrons. The van der Waals surface area contributed by atoms with Crippen LogP contribution >= 0.6 is 0 Å². The van der Waals surface area contributed by atoms with Gasteiger partial charge in [0.1, 0.15) is 6.04 Å². The van der Waals surface area contributed by atoms with Crippen molar-refractivity contribution in [2.75, 3.05) is 6.54 Å². The van der Waals surface area contributed by atoms with E-state index in [9.17, 15) is 9.59 Å². The number of hydrogen-bond donors (Lipinski definition) is 3. The summed E-state index contributed by atoms with van der Waals surface area (Å²) in [6.45, 7) is 2.29. The minimum Gasteiger partial charge on any atom is -0.352 e. The molecule has 5 nitrogen and oxygen atoms in total. The Kier molecular flexibility index (Phi) is 3.90. The predicted molar refractivity (Wildman–Crippen MR) is 68.7 cm³/mol. The zero-order valence-electron chi connectivity index (χ0n) is 11.0. The molecule has 4 N–H and O–H groups in total. The average molecular weight is 253 g/mol. The molecule has 102 valence electrons. The number of carbonyl (C=O) groups excluding carboxylic acids is 2. The standard InChI is InChI=1S/C13H23N3O2/c1-9(12(18)16-10-3-4-10)15-11(17)7-13(8-14)5-2-6-13/h9-10H,2-8,14H2,1H3,(H,15,17)(H,16,18). The lowest BCUT2D eigenvalue weighted by Crippen LogP contribution is -2.48. The van der Waals surface area contributed by atoms with Crippen LogP contribution in [0.3, 0.4) is 0 Å². The van der Waals surface area contributed by atoms with Crippen LogP contribution in [0, 0.1) is 5.41 Å². The van der Waals surface area contributed by atoms with E-state index in [2.05, 4.69) is 10.6 Å². The highest BCUT2D eigenvalue weighted by molar-refractivity contribution is 5.87. The van der Waals surface area contributed by atoms with Gasteiger partial charge in [0.05, 0.1) is 0 Å². The smallest absolute Gasteiger partial charge is 0.242 e. The maximum Gasteiger partial charge on any atom is 0.242 e. The molecular weight excluding hydrogens is 230 g/mol. The Hall–Kier alpha value is -1.10. The first-order valence-corrected chi connectivity index (χ1v) is 6.84. The average Bonchev–Trinajstić information content (AvgIpc) is 3.07. The molecule has 0 bridgehead atoms. The van der Waals surface area contributed by atoms with Gasteiger partial charge in [0.15, 0.2) is 0 Å². The Morgan fingerprint density at radius 1 is 1.39 bits per heavy atom. The lowest BCUT2D eigenvalue weighted by Gasteiger charge is -2.40. The normalized spacial score (nSPS) is 22.8. The first-order valence-electron chi connectivity index (χ1n) is 6.84. The highest BCUT2D eigenvalue weighted by atomic mass is 16.2. The molecule has 2 fully saturated rings. The van der Waals surface area contributed by atoms with Crippen molar-refractivity contribution in [1.29, 1.82) is 0 Å². The maximum atomic E-state index is 11.9. The van der Waals surface area contributed by atoms with Gasteiger partial charge in [-0.05, 0) is 44.6 Å². The van der Waals surface area contributed by atoms with Crippen molar-refractivity contribution in [1.82, 2.24) is 10.6 Å². The second-order valence-electron chi connectivity index (χ2n) is 5.81. The minimum absolute atomic E-state index is 0.00320. The fraction of sp³-hybridized carbons (Fsp3) is 0.846. The third kappa shape index (κ3) is 3.22. The number of nitrogens with one attached hydrogen (secondary N) is 2. The zero-order chi connectivity index (χ0) is 13.2. The predicted octanol–water partition coefficient (Wildman–Crippen LogP) is 0.289. The van der Waals surface area contributed by atoms with E-state index in [-0.39, 0.29) is 17.2 Å². The Bertz CT molecular complexity index is 330. The molecule has 0 spiro atoms. The van der Waals surface area contributed by atoms with E-state index in [1.807, 2.05) is 0 Å². The van der Waals surface area contributed by atoms with E-state index in [0.29, 0.717) is 19.0 Å². The lowest BCUT2D eigenvalue weighted by molar-refractivity contribution is -0.130. The van der Waals surface area contributed by atoms with Gasteiger partial charge in [-0.3, -0.25) is 9.59 Å². The molecule has 1 unspecified atom stereocenters. The molecule has 18 heavy (non-hydrogen) atoms. The van der Waals surface area contributed by atoms with Gasteiger partial charge >= 0.3 is 0 Å². The van der Waals surface area contributed by atoms with Gasteiger partial charge in [-0.2, -0.15) is 0 Å². The molecular formula is C13H23N3O2. The minimum atomic E-state index is -0.451. The van der Waals surface area contributed by atoms with Crippen molar-refractivity contribution in [3.8, 4) is 0 Å². The topological polar surface area (TPSA) is 84.2 Å². The van der Waals surface area contributed by atoms with E-state index < -0.39 is 6.04 Å². The van der Waals surface area contributed by atoms with Crippen LogP contribution in [0.4, 0.5) is 0 Å². The summed E-state index contributed by atoms with van der Waals surface area (Å²) in [6, 6.07) is -0.119. The van der Waals surface area contributed by atoms with E-state index in [1.165, 1.54) is 0 Å². The van der Waals surface area contributed by atoms with Crippen molar-refractivity contribution >= 4 is 11.8 Å². The van der Waals surface area contributed by atoms with Crippen molar-refractivity contribution in [3.05, 3.63) is 0 Å². The molecule has 1 atom stereocenters. The van der Waals surface area contributed by atoms with Gasteiger partial charge in [-0.15, -0.1) is 0 Å². The third-order valence-electron chi connectivity index (χ3n) is 4.08. The second-order valence-corrected chi connectivity index (χ2v) is 5.81. The molecule has 0 aromatic heterocycles. The van der Waals surface area contributed by atoms with Crippen LogP contribution in [0.15, 0.2) is 0 Å². The highest BCUT2D eigenvalue weighted by Gasteiger charge is 2.38. The third-order valence-corrected chi connectivity index (χ3v) is 4.08. The Labute approximate surface area is 108 Å². The van der Waals surface area contributed by atoms with Crippen LogP contribution in [0.5, 0.6) is 0 Å². The van der Waals surface area contributed by atoms with Crippen LogP contribution in [0.1, 0.15) is 45.4 Å².